The number of nitrogens with zero attached hydrogens (tertiary/aromatic N) is 5. The van der Waals surface area contributed by atoms with Crippen molar-refractivity contribution in [1.29, 1.82) is 0 Å². The number of hydrogen-bond acceptors (Lipinski definition) is 6. The molecule has 4 heterocycles. The SMILES string of the molecule is c1ccc(-c2nc(-c3ccc(-c4ccc5nc(-n6c7ccccc7c7ccccc76)oc5c4)cc3)nc(-c3cccc4sc5ccccc5c34)n2)cc1. The Bertz CT molecular complexity index is 3120. The molecule has 0 fully saturated rings. The third-order valence-electron chi connectivity index (χ3n) is 9.94. The van der Waals surface area contributed by atoms with Gasteiger partial charge in [-0.2, -0.15) is 4.98 Å². The van der Waals surface area contributed by atoms with Gasteiger partial charge in [0.25, 0.3) is 0 Å². The van der Waals surface area contributed by atoms with Crippen LogP contribution in [-0.2, 0) is 0 Å². The number of para-hydroxylation sites is 2. The Morgan fingerprint density at radius 1 is 0.434 bits per heavy atom. The summed E-state index contributed by atoms with van der Waals surface area (Å²) < 4.78 is 11.0. The first kappa shape index (κ1) is 29.7. The Hall–Kier alpha value is -6.96. The number of benzene rings is 7. The maximum absolute atomic E-state index is 6.47. The van der Waals surface area contributed by atoms with Gasteiger partial charge in [0.1, 0.15) is 5.52 Å². The van der Waals surface area contributed by atoms with Gasteiger partial charge in [-0.25, -0.2) is 15.0 Å². The second-order valence-corrected chi connectivity index (χ2v) is 14.2. The summed E-state index contributed by atoms with van der Waals surface area (Å²) in [5.41, 5.74) is 8.60. The van der Waals surface area contributed by atoms with Crippen LogP contribution in [0, 0.1) is 0 Å². The molecule has 7 heteroatoms. The summed E-state index contributed by atoms with van der Waals surface area (Å²) in [7, 11) is 0. The summed E-state index contributed by atoms with van der Waals surface area (Å²) >= 11 is 1.79. The van der Waals surface area contributed by atoms with E-state index >= 15 is 0 Å². The van der Waals surface area contributed by atoms with Crippen LogP contribution in [0.15, 0.2) is 168 Å². The lowest BCUT2D eigenvalue weighted by atomic mass is 10.0. The van der Waals surface area contributed by atoms with Crippen molar-refractivity contribution in [1.82, 2.24) is 24.5 Å². The summed E-state index contributed by atoms with van der Waals surface area (Å²) in [5.74, 6) is 1.92. The van der Waals surface area contributed by atoms with Crippen molar-refractivity contribution in [3.05, 3.63) is 164 Å². The molecule has 53 heavy (non-hydrogen) atoms. The molecule has 11 rings (SSSR count). The van der Waals surface area contributed by atoms with E-state index in [1.807, 2.05) is 48.5 Å². The molecule has 7 aromatic carbocycles. The molecule has 0 amide bonds. The largest absolute Gasteiger partial charge is 0.423 e. The van der Waals surface area contributed by atoms with E-state index in [1.54, 1.807) is 11.3 Å². The van der Waals surface area contributed by atoms with Crippen molar-refractivity contribution >= 4 is 64.4 Å². The first-order valence-electron chi connectivity index (χ1n) is 17.5. The molecule has 0 N–H and O–H groups in total. The summed E-state index contributed by atoms with van der Waals surface area (Å²) in [6.07, 6.45) is 0. The third-order valence-corrected chi connectivity index (χ3v) is 11.1. The van der Waals surface area contributed by atoms with E-state index in [0.29, 0.717) is 23.5 Å². The Morgan fingerprint density at radius 2 is 1.02 bits per heavy atom. The van der Waals surface area contributed by atoms with Crippen LogP contribution in [-0.4, -0.2) is 24.5 Å². The van der Waals surface area contributed by atoms with Crippen molar-refractivity contribution in [2.24, 2.45) is 0 Å². The highest BCUT2D eigenvalue weighted by Gasteiger charge is 2.19. The molecule has 0 atom stereocenters. The van der Waals surface area contributed by atoms with Gasteiger partial charge in [0.15, 0.2) is 23.1 Å². The van der Waals surface area contributed by atoms with Gasteiger partial charge < -0.3 is 4.42 Å². The minimum Gasteiger partial charge on any atom is -0.423 e. The van der Waals surface area contributed by atoms with Crippen LogP contribution >= 0.6 is 11.3 Å². The van der Waals surface area contributed by atoms with Crippen LogP contribution < -0.4 is 0 Å². The van der Waals surface area contributed by atoms with Gasteiger partial charge in [0.2, 0.25) is 0 Å². The Labute approximate surface area is 307 Å². The third kappa shape index (κ3) is 4.86. The van der Waals surface area contributed by atoms with Crippen molar-refractivity contribution in [3.63, 3.8) is 0 Å². The predicted octanol–water partition coefficient (Wildman–Crippen LogP) is 12.1. The average molecular weight is 698 g/mol. The summed E-state index contributed by atoms with van der Waals surface area (Å²) in [5, 5.41) is 4.72. The van der Waals surface area contributed by atoms with Gasteiger partial charge in [0.05, 0.1) is 11.0 Å². The molecule has 6 nitrogen and oxygen atoms in total. The van der Waals surface area contributed by atoms with Crippen molar-refractivity contribution < 1.29 is 4.42 Å². The molecule has 0 aliphatic rings. The van der Waals surface area contributed by atoms with Crippen LogP contribution in [0.1, 0.15) is 0 Å². The Kier molecular flexibility index (Phi) is 6.62. The van der Waals surface area contributed by atoms with Gasteiger partial charge >= 0.3 is 6.01 Å². The zero-order valence-corrected chi connectivity index (χ0v) is 29.0. The fraction of sp³-hybridized carbons (Fsp3) is 0. The number of fused-ring (bicyclic) bond motifs is 7. The molecule has 11 aromatic rings. The van der Waals surface area contributed by atoms with E-state index < -0.39 is 0 Å². The van der Waals surface area contributed by atoms with Gasteiger partial charge in [-0.15, -0.1) is 11.3 Å². The molecule has 0 aliphatic heterocycles. The van der Waals surface area contributed by atoms with E-state index in [-0.39, 0.29) is 0 Å². The lowest BCUT2D eigenvalue weighted by Crippen LogP contribution is -2.00. The van der Waals surface area contributed by atoms with Crippen LogP contribution in [0.5, 0.6) is 0 Å². The molecule has 0 saturated carbocycles. The Morgan fingerprint density at radius 3 is 1.77 bits per heavy atom. The molecule has 0 spiro atoms. The van der Waals surface area contributed by atoms with Gasteiger partial charge in [0, 0.05) is 47.6 Å². The van der Waals surface area contributed by atoms with Crippen LogP contribution in [0.2, 0.25) is 0 Å². The maximum atomic E-state index is 6.47. The number of hydrogen-bond donors (Lipinski definition) is 0. The maximum Gasteiger partial charge on any atom is 0.307 e. The number of thiophene rings is 1. The molecule has 0 aliphatic carbocycles. The molecule has 0 saturated heterocycles. The van der Waals surface area contributed by atoms with Crippen LogP contribution in [0.3, 0.4) is 0 Å². The van der Waals surface area contributed by atoms with E-state index in [1.165, 1.54) is 30.9 Å². The quantitative estimate of drug-likeness (QED) is 0.179. The Balaban J connectivity index is 0.992. The minimum absolute atomic E-state index is 0.552. The standard InChI is InChI=1S/C46H27N5OS/c1-2-11-29(12-3-1)43-48-44(50-45(49-43)35-16-10-20-41-42(35)34-15-6-9-19-40(34)53-41)30-23-21-28(22-24-30)31-25-26-36-39(27-31)52-46(47-36)51-37-17-7-4-13-32(37)33-14-5-8-18-38(33)51/h1-27H. The normalized spacial score (nSPS) is 11.8. The number of aromatic nitrogens is 5. The zero-order chi connectivity index (χ0) is 34.9. The zero-order valence-electron chi connectivity index (χ0n) is 28.1. The van der Waals surface area contributed by atoms with E-state index in [2.05, 4.69) is 120 Å². The van der Waals surface area contributed by atoms with Crippen molar-refractivity contribution in [3.8, 4) is 51.3 Å². The van der Waals surface area contributed by atoms with Crippen LogP contribution in [0.25, 0.3) is 104 Å². The van der Waals surface area contributed by atoms with Gasteiger partial charge in [-0.05, 0) is 47.5 Å². The second kappa shape index (κ2) is 11.8. The van der Waals surface area contributed by atoms with E-state index in [9.17, 15) is 0 Å². The topological polar surface area (TPSA) is 69.6 Å². The smallest absolute Gasteiger partial charge is 0.307 e. The highest BCUT2D eigenvalue weighted by Crippen LogP contribution is 2.40. The van der Waals surface area contributed by atoms with Crippen molar-refractivity contribution in [2.75, 3.05) is 0 Å². The summed E-state index contributed by atoms with van der Waals surface area (Å²) in [6.45, 7) is 0. The molecule has 0 bridgehead atoms. The van der Waals surface area contributed by atoms with Crippen molar-refractivity contribution in [2.45, 2.75) is 0 Å². The highest BCUT2D eigenvalue weighted by molar-refractivity contribution is 7.25. The summed E-state index contributed by atoms with van der Waals surface area (Å²) in [4.78, 5) is 20.1. The molecule has 4 aromatic heterocycles. The second-order valence-electron chi connectivity index (χ2n) is 13.1. The van der Waals surface area contributed by atoms with Gasteiger partial charge in [-0.1, -0.05) is 127 Å². The minimum atomic E-state index is 0.552. The molecule has 0 radical (unpaired) electrons. The predicted molar refractivity (Wildman–Crippen MR) is 216 cm³/mol. The van der Waals surface area contributed by atoms with E-state index in [0.717, 1.165) is 50.0 Å². The lowest BCUT2D eigenvalue weighted by molar-refractivity contribution is 0.574. The summed E-state index contributed by atoms with van der Waals surface area (Å²) in [6, 6.07) is 56.9. The van der Waals surface area contributed by atoms with E-state index in [4.69, 9.17) is 24.4 Å². The first-order valence-corrected chi connectivity index (χ1v) is 18.3. The first-order chi connectivity index (χ1) is 26.2. The lowest BCUT2D eigenvalue weighted by Gasteiger charge is -2.10. The highest BCUT2D eigenvalue weighted by atomic mass is 32.1. The van der Waals surface area contributed by atoms with Gasteiger partial charge in [-0.3, -0.25) is 4.57 Å². The monoisotopic (exact) mass is 697 g/mol. The fourth-order valence-corrected chi connectivity index (χ4v) is 8.56. The molecule has 248 valence electrons. The fourth-order valence-electron chi connectivity index (χ4n) is 7.43. The molecular weight excluding hydrogens is 671 g/mol. The number of oxazole rings is 1. The van der Waals surface area contributed by atoms with Crippen LogP contribution in [0.4, 0.5) is 0 Å². The molecule has 0 unspecified atom stereocenters. The number of rotatable bonds is 5. The average Bonchev–Trinajstić information content (AvgIpc) is 3.92. The molecular formula is C46H27N5OS.